The van der Waals surface area contributed by atoms with Crippen molar-refractivity contribution >= 4 is 15.8 Å². The van der Waals surface area contributed by atoms with Crippen LogP contribution < -0.4 is 5.32 Å². The summed E-state index contributed by atoms with van der Waals surface area (Å²) in [6.45, 7) is 10.7. The van der Waals surface area contributed by atoms with Crippen LogP contribution in [-0.4, -0.2) is 67.5 Å². The quantitative estimate of drug-likeness (QED) is 0.612. The van der Waals surface area contributed by atoms with E-state index in [4.69, 9.17) is 4.74 Å². The van der Waals surface area contributed by atoms with E-state index in [1.165, 1.54) is 16.6 Å². The van der Waals surface area contributed by atoms with E-state index < -0.39 is 10.0 Å². The van der Waals surface area contributed by atoms with E-state index in [2.05, 4.69) is 15.2 Å². The second-order valence-electron chi connectivity index (χ2n) is 8.50. The molecule has 1 aliphatic rings. The number of nitrogens with zero attached hydrogens (tertiary/aromatic N) is 3. The number of rotatable bonds is 9. The van der Waals surface area contributed by atoms with Crippen molar-refractivity contribution in [2.75, 3.05) is 38.2 Å². The molecule has 1 aromatic carbocycles. The lowest BCUT2D eigenvalue weighted by atomic mass is 10.0. The maximum Gasteiger partial charge on any atom is 0.245 e. The van der Waals surface area contributed by atoms with Crippen molar-refractivity contribution in [2.45, 2.75) is 50.7 Å². The van der Waals surface area contributed by atoms with Crippen LogP contribution in [0.1, 0.15) is 39.3 Å². The van der Waals surface area contributed by atoms with Crippen LogP contribution in [0.5, 0.6) is 0 Å². The third kappa shape index (κ3) is 5.83. The molecule has 0 aliphatic carbocycles. The molecule has 0 radical (unpaired) electrons. The van der Waals surface area contributed by atoms with Gasteiger partial charge in [-0.25, -0.2) is 17.8 Å². The Morgan fingerprint density at radius 1 is 1.12 bits per heavy atom. The van der Waals surface area contributed by atoms with Gasteiger partial charge in [0, 0.05) is 37.9 Å². The molecule has 7 nitrogen and oxygen atoms in total. The normalized spacial score (nSPS) is 16.6. The van der Waals surface area contributed by atoms with E-state index in [0.717, 1.165) is 18.7 Å². The van der Waals surface area contributed by atoms with Crippen molar-refractivity contribution < 1.29 is 17.5 Å². The Kier molecular flexibility index (Phi) is 8.21. The van der Waals surface area contributed by atoms with E-state index >= 15 is 0 Å². The fraction of sp³-hybridized carbons (Fsp3) is 0.522. The van der Waals surface area contributed by atoms with Crippen molar-refractivity contribution in [3.63, 3.8) is 0 Å². The molecule has 1 aromatic heterocycles. The van der Waals surface area contributed by atoms with Crippen molar-refractivity contribution in [1.82, 2.24) is 14.2 Å². The molecule has 1 N–H and O–H groups in total. The maximum absolute atomic E-state index is 13.9. The fourth-order valence-corrected chi connectivity index (χ4v) is 5.95. The first-order valence-electron chi connectivity index (χ1n) is 11.0. The Labute approximate surface area is 190 Å². The highest BCUT2D eigenvalue weighted by molar-refractivity contribution is 7.89. The minimum absolute atomic E-state index is 0.0582. The fourth-order valence-electron chi connectivity index (χ4n) is 4.17. The SMILES string of the molecule is CC(C)N(C(C)C)S(=O)(=O)c1ccc(NCC(c2cccc(F)c2)N2CCOCC2)nc1. The summed E-state index contributed by atoms with van der Waals surface area (Å²) in [5.41, 5.74) is 0.878. The lowest BCUT2D eigenvalue weighted by Crippen LogP contribution is -2.42. The first-order valence-corrected chi connectivity index (χ1v) is 12.4. The molecule has 1 fully saturated rings. The van der Waals surface area contributed by atoms with Crippen LogP contribution in [0.4, 0.5) is 10.2 Å². The molecular weight excluding hydrogens is 431 g/mol. The molecule has 32 heavy (non-hydrogen) atoms. The average Bonchev–Trinajstić information content (AvgIpc) is 2.74. The number of pyridine rings is 1. The van der Waals surface area contributed by atoms with E-state index in [1.807, 2.05) is 33.8 Å². The number of nitrogens with one attached hydrogen (secondary N) is 1. The predicted molar refractivity (Wildman–Crippen MR) is 124 cm³/mol. The third-order valence-electron chi connectivity index (χ3n) is 5.53. The van der Waals surface area contributed by atoms with Gasteiger partial charge in [-0.1, -0.05) is 12.1 Å². The largest absolute Gasteiger partial charge is 0.379 e. The van der Waals surface area contributed by atoms with Crippen LogP contribution in [0.2, 0.25) is 0 Å². The van der Waals surface area contributed by atoms with Crippen LogP contribution in [0.15, 0.2) is 47.5 Å². The first kappa shape index (κ1) is 24.6. The second kappa shape index (κ2) is 10.7. The van der Waals surface area contributed by atoms with Gasteiger partial charge in [0.05, 0.1) is 19.3 Å². The number of ether oxygens (including phenoxy) is 1. The number of halogens is 1. The van der Waals surface area contributed by atoms with E-state index in [9.17, 15) is 12.8 Å². The number of morpholine rings is 1. The zero-order valence-electron chi connectivity index (χ0n) is 19.2. The summed E-state index contributed by atoms with van der Waals surface area (Å²) in [5.74, 6) is 0.299. The highest BCUT2D eigenvalue weighted by atomic mass is 32.2. The molecule has 1 aliphatic heterocycles. The van der Waals surface area contributed by atoms with E-state index in [-0.39, 0.29) is 28.8 Å². The average molecular weight is 465 g/mol. The van der Waals surface area contributed by atoms with Crippen LogP contribution >= 0.6 is 0 Å². The minimum atomic E-state index is -3.63. The molecule has 1 unspecified atom stereocenters. The van der Waals surface area contributed by atoms with Gasteiger partial charge >= 0.3 is 0 Å². The van der Waals surface area contributed by atoms with Gasteiger partial charge < -0.3 is 10.1 Å². The lowest BCUT2D eigenvalue weighted by Gasteiger charge is -2.35. The number of sulfonamides is 1. The van der Waals surface area contributed by atoms with Gasteiger partial charge in [0.25, 0.3) is 0 Å². The monoisotopic (exact) mass is 464 g/mol. The molecule has 1 atom stereocenters. The highest BCUT2D eigenvalue weighted by Gasteiger charge is 2.30. The molecule has 176 valence electrons. The van der Waals surface area contributed by atoms with Crippen molar-refractivity contribution in [3.8, 4) is 0 Å². The van der Waals surface area contributed by atoms with Crippen LogP contribution in [0.3, 0.4) is 0 Å². The first-order chi connectivity index (χ1) is 15.2. The van der Waals surface area contributed by atoms with E-state index in [0.29, 0.717) is 25.6 Å². The Hall–Kier alpha value is -2.07. The third-order valence-corrected chi connectivity index (χ3v) is 7.76. The summed E-state index contributed by atoms with van der Waals surface area (Å²) in [6, 6.07) is 9.50. The van der Waals surface area contributed by atoms with Gasteiger partial charge in [-0.05, 0) is 57.5 Å². The van der Waals surface area contributed by atoms with Gasteiger partial charge in [0.1, 0.15) is 16.5 Å². The Morgan fingerprint density at radius 3 is 2.38 bits per heavy atom. The molecule has 0 spiro atoms. The Morgan fingerprint density at radius 2 is 1.81 bits per heavy atom. The van der Waals surface area contributed by atoms with Crippen molar-refractivity contribution in [3.05, 3.63) is 54.0 Å². The molecule has 1 saturated heterocycles. The zero-order chi connectivity index (χ0) is 23.3. The topological polar surface area (TPSA) is 74.8 Å². The molecule has 2 heterocycles. The van der Waals surface area contributed by atoms with Crippen LogP contribution in [0.25, 0.3) is 0 Å². The summed E-state index contributed by atoms with van der Waals surface area (Å²) in [4.78, 5) is 6.76. The van der Waals surface area contributed by atoms with Crippen LogP contribution in [-0.2, 0) is 14.8 Å². The molecule has 3 rings (SSSR count). The smallest absolute Gasteiger partial charge is 0.245 e. The van der Waals surface area contributed by atoms with Gasteiger partial charge in [-0.15, -0.1) is 0 Å². The van der Waals surface area contributed by atoms with Gasteiger partial charge in [-0.3, -0.25) is 4.90 Å². The summed E-state index contributed by atoms with van der Waals surface area (Å²) >= 11 is 0. The highest BCUT2D eigenvalue weighted by Crippen LogP contribution is 2.24. The summed E-state index contributed by atoms with van der Waals surface area (Å²) in [5, 5.41) is 3.29. The number of aromatic nitrogens is 1. The second-order valence-corrected chi connectivity index (χ2v) is 10.3. The van der Waals surface area contributed by atoms with Gasteiger partial charge in [0.2, 0.25) is 10.0 Å². The Balaban J connectivity index is 1.76. The number of hydrogen-bond donors (Lipinski definition) is 1. The molecular formula is C23H33FN4O3S. The molecule has 0 bridgehead atoms. The van der Waals surface area contributed by atoms with Gasteiger partial charge in [-0.2, -0.15) is 4.31 Å². The minimum Gasteiger partial charge on any atom is -0.379 e. The zero-order valence-corrected chi connectivity index (χ0v) is 20.0. The number of hydrogen-bond acceptors (Lipinski definition) is 6. The van der Waals surface area contributed by atoms with E-state index in [1.54, 1.807) is 24.3 Å². The van der Waals surface area contributed by atoms with Gasteiger partial charge in [0.15, 0.2) is 0 Å². The molecule has 2 aromatic rings. The maximum atomic E-state index is 13.9. The number of anilines is 1. The molecule has 0 saturated carbocycles. The number of benzene rings is 1. The molecule has 9 heteroatoms. The van der Waals surface area contributed by atoms with Crippen molar-refractivity contribution in [1.29, 1.82) is 0 Å². The standard InChI is InChI=1S/C23H33FN4O3S/c1-17(2)28(18(3)4)32(29,30)21-8-9-23(25-15-21)26-16-22(27-10-12-31-13-11-27)19-6-5-7-20(24)14-19/h5-9,14-15,17-18,22H,10-13,16H2,1-4H3,(H,25,26). The van der Waals surface area contributed by atoms with Crippen LogP contribution in [0, 0.1) is 5.82 Å². The summed E-state index contributed by atoms with van der Waals surface area (Å²) < 4.78 is 46.9. The molecule has 0 amide bonds. The predicted octanol–water partition coefficient (Wildman–Crippen LogP) is 3.51. The summed E-state index contributed by atoms with van der Waals surface area (Å²) in [6.07, 6.45) is 1.39. The van der Waals surface area contributed by atoms with Crippen molar-refractivity contribution in [2.24, 2.45) is 0 Å². The lowest BCUT2D eigenvalue weighted by molar-refractivity contribution is 0.0186. The summed E-state index contributed by atoms with van der Waals surface area (Å²) in [7, 11) is -3.63. The Bertz CT molecular complexity index is 969.